The van der Waals surface area contributed by atoms with Crippen LogP contribution in [0.25, 0.3) is 0 Å². The third-order valence-electron chi connectivity index (χ3n) is 3.80. The maximum atomic E-state index is 10.5. The van der Waals surface area contributed by atoms with Crippen LogP contribution >= 0.6 is 11.6 Å². The number of fused-ring (bicyclic) bond motifs is 1. The van der Waals surface area contributed by atoms with Crippen LogP contribution in [-0.2, 0) is 6.42 Å². The summed E-state index contributed by atoms with van der Waals surface area (Å²) in [5, 5.41) is 11.1. The molecule has 0 saturated heterocycles. The molecule has 0 amide bonds. The van der Waals surface area contributed by atoms with Gasteiger partial charge in [-0.2, -0.15) is 0 Å². The smallest absolute Gasteiger partial charge is 0.120 e. The topological polar surface area (TPSA) is 29.5 Å². The molecular formula is C16H15ClO2. The first-order valence-electron chi connectivity index (χ1n) is 6.30. The van der Waals surface area contributed by atoms with Crippen molar-refractivity contribution in [2.45, 2.75) is 18.4 Å². The Morgan fingerprint density at radius 2 is 2.05 bits per heavy atom. The van der Waals surface area contributed by atoms with E-state index in [1.807, 2.05) is 24.3 Å². The highest BCUT2D eigenvalue weighted by Gasteiger charge is 2.33. The molecule has 3 heteroatoms. The quantitative estimate of drug-likeness (QED) is 0.924. The van der Waals surface area contributed by atoms with E-state index in [1.165, 1.54) is 11.1 Å². The zero-order valence-corrected chi connectivity index (χ0v) is 11.4. The van der Waals surface area contributed by atoms with E-state index < -0.39 is 6.10 Å². The number of ether oxygens (including phenoxy) is 1. The predicted molar refractivity (Wildman–Crippen MR) is 75.9 cm³/mol. The van der Waals surface area contributed by atoms with Crippen molar-refractivity contribution >= 4 is 11.6 Å². The molecule has 2 aromatic rings. The minimum Gasteiger partial charge on any atom is -0.497 e. The van der Waals surface area contributed by atoms with Crippen molar-refractivity contribution in [3.05, 3.63) is 64.2 Å². The van der Waals surface area contributed by atoms with Gasteiger partial charge in [0.25, 0.3) is 0 Å². The summed E-state index contributed by atoms with van der Waals surface area (Å²) < 4.78 is 5.12. The number of halogens is 1. The van der Waals surface area contributed by atoms with Gasteiger partial charge in [0.2, 0.25) is 0 Å². The summed E-state index contributed by atoms with van der Waals surface area (Å²) in [6.07, 6.45) is 0.341. The first-order valence-corrected chi connectivity index (χ1v) is 6.68. The molecule has 2 nitrogen and oxygen atoms in total. The van der Waals surface area contributed by atoms with Gasteiger partial charge >= 0.3 is 0 Å². The van der Waals surface area contributed by atoms with Crippen LogP contribution in [0.4, 0.5) is 0 Å². The lowest BCUT2D eigenvalue weighted by molar-refractivity contribution is 0.134. The fraction of sp³-hybridized carbons (Fsp3) is 0.250. The minimum absolute atomic E-state index is 0.141. The normalized spacial score (nSPS) is 18.4. The van der Waals surface area contributed by atoms with Crippen LogP contribution in [0.3, 0.4) is 0 Å². The lowest BCUT2D eigenvalue weighted by Gasteiger charge is -2.34. The largest absolute Gasteiger partial charge is 0.497 e. The van der Waals surface area contributed by atoms with E-state index in [4.69, 9.17) is 16.3 Å². The highest BCUT2D eigenvalue weighted by atomic mass is 35.5. The Kier molecular flexibility index (Phi) is 3.21. The highest BCUT2D eigenvalue weighted by molar-refractivity contribution is 6.31. The molecule has 0 heterocycles. The van der Waals surface area contributed by atoms with Gasteiger partial charge in [0, 0.05) is 5.92 Å². The molecule has 1 N–H and O–H groups in total. The van der Waals surface area contributed by atoms with Crippen LogP contribution in [0, 0.1) is 0 Å². The van der Waals surface area contributed by atoms with Gasteiger partial charge in [-0.1, -0.05) is 41.9 Å². The number of hydrogen-bond donors (Lipinski definition) is 1. The lowest BCUT2D eigenvalue weighted by Crippen LogP contribution is -2.23. The summed E-state index contributed by atoms with van der Waals surface area (Å²) in [6.45, 7) is 0. The SMILES string of the molecule is COc1ccc(C(O)C2Cc3ccccc32)c(Cl)c1. The van der Waals surface area contributed by atoms with Crippen LogP contribution in [0.15, 0.2) is 42.5 Å². The molecule has 2 aromatic carbocycles. The zero-order valence-electron chi connectivity index (χ0n) is 10.6. The van der Waals surface area contributed by atoms with Crippen molar-refractivity contribution in [3.8, 4) is 5.75 Å². The van der Waals surface area contributed by atoms with Crippen LogP contribution in [-0.4, -0.2) is 12.2 Å². The maximum Gasteiger partial charge on any atom is 0.120 e. The van der Waals surface area contributed by atoms with Gasteiger partial charge in [0.05, 0.1) is 18.2 Å². The summed E-state index contributed by atoms with van der Waals surface area (Å²) in [6, 6.07) is 13.6. The third-order valence-corrected chi connectivity index (χ3v) is 4.13. The van der Waals surface area contributed by atoms with Crippen molar-refractivity contribution < 1.29 is 9.84 Å². The second-order valence-corrected chi connectivity index (χ2v) is 5.25. The third kappa shape index (κ3) is 2.11. The monoisotopic (exact) mass is 274 g/mol. The minimum atomic E-state index is -0.562. The van der Waals surface area contributed by atoms with Crippen molar-refractivity contribution in [3.63, 3.8) is 0 Å². The molecule has 0 spiro atoms. The Morgan fingerprint density at radius 1 is 1.26 bits per heavy atom. The molecule has 2 unspecified atom stereocenters. The predicted octanol–water partition coefficient (Wildman–Crippen LogP) is 3.72. The van der Waals surface area contributed by atoms with Crippen LogP contribution < -0.4 is 4.74 Å². The van der Waals surface area contributed by atoms with Gasteiger partial charge in [-0.25, -0.2) is 0 Å². The van der Waals surface area contributed by atoms with E-state index in [0.29, 0.717) is 10.8 Å². The molecular weight excluding hydrogens is 260 g/mol. The Balaban J connectivity index is 1.88. The molecule has 2 atom stereocenters. The molecule has 1 aliphatic carbocycles. The maximum absolute atomic E-state index is 10.5. The van der Waals surface area contributed by atoms with E-state index in [-0.39, 0.29) is 5.92 Å². The molecule has 0 bridgehead atoms. The standard InChI is InChI=1S/C16H15ClO2/c1-19-11-6-7-13(15(17)9-11)16(18)14-8-10-4-2-3-5-12(10)14/h2-7,9,14,16,18H,8H2,1H3. The second kappa shape index (κ2) is 4.87. The summed E-state index contributed by atoms with van der Waals surface area (Å²) in [4.78, 5) is 0. The van der Waals surface area contributed by atoms with E-state index >= 15 is 0 Å². The number of methoxy groups -OCH3 is 1. The Hall–Kier alpha value is -1.51. The Bertz CT molecular complexity index is 609. The number of hydrogen-bond acceptors (Lipinski definition) is 2. The average molecular weight is 275 g/mol. The molecule has 0 fully saturated rings. The first-order chi connectivity index (χ1) is 9.20. The summed E-state index contributed by atoms with van der Waals surface area (Å²) in [5.41, 5.74) is 3.31. The Morgan fingerprint density at radius 3 is 2.74 bits per heavy atom. The molecule has 19 heavy (non-hydrogen) atoms. The molecule has 1 aliphatic rings. The van der Waals surface area contributed by atoms with Gasteiger partial charge in [0.15, 0.2) is 0 Å². The van der Waals surface area contributed by atoms with Crippen molar-refractivity contribution in [1.29, 1.82) is 0 Å². The number of aliphatic hydroxyl groups excluding tert-OH is 1. The van der Waals surface area contributed by atoms with Gasteiger partial charge in [-0.3, -0.25) is 0 Å². The number of aliphatic hydroxyl groups is 1. The number of rotatable bonds is 3. The van der Waals surface area contributed by atoms with E-state index in [1.54, 1.807) is 13.2 Å². The van der Waals surface area contributed by atoms with Gasteiger partial charge in [-0.15, -0.1) is 0 Å². The van der Waals surface area contributed by atoms with Gasteiger partial charge in [-0.05, 0) is 35.2 Å². The molecule has 3 rings (SSSR count). The Labute approximate surface area is 117 Å². The lowest BCUT2D eigenvalue weighted by atomic mass is 9.73. The van der Waals surface area contributed by atoms with E-state index in [2.05, 4.69) is 12.1 Å². The van der Waals surface area contributed by atoms with Gasteiger partial charge < -0.3 is 9.84 Å². The molecule has 0 aliphatic heterocycles. The average Bonchev–Trinajstić information content (AvgIpc) is 2.39. The van der Waals surface area contributed by atoms with Crippen LogP contribution in [0.5, 0.6) is 5.75 Å². The summed E-state index contributed by atoms with van der Waals surface area (Å²) >= 11 is 6.22. The van der Waals surface area contributed by atoms with Gasteiger partial charge in [0.1, 0.15) is 5.75 Å². The van der Waals surface area contributed by atoms with Crippen LogP contribution in [0.2, 0.25) is 5.02 Å². The zero-order chi connectivity index (χ0) is 13.4. The van der Waals surface area contributed by atoms with E-state index in [0.717, 1.165) is 12.0 Å². The fourth-order valence-corrected chi connectivity index (χ4v) is 2.95. The molecule has 98 valence electrons. The highest BCUT2D eigenvalue weighted by Crippen LogP contribution is 2.45. The second-order valence-electron chi connectivity index (χ2n) is 4.84. The molecule has 0 aromatic heterocycles. The summed E-state index contributed by atoms with van der Waals surface area (Å²) in [5.74, 6) is 0.844. The first kappa shape index (κ1) is 12.5. The van der Waals surface area contributed by atoms with Crippen molar-refractivity contribution in [1.82, 2.24) is 0 Å². The number of benzene rings is 2. The molecule has 0 radical (unpaired) electrons. The molecule has 0 saturated carbocycles. The fourth-order valence-electron chi connectivity index (χ4n) is 2.67. The van der Waals surface area contributed by atoms with Crippen LogP contribution in [0.1, 0.15) is 28.7 Å². The van der Waals surface area contributed by atoms with Crippen molar-refractivity contribution in [2.75, 3.05) is 7.11 Å². The van der Waals surface area contributed by atoms with E-state index in [9.17, 15) is 5.11 Å². The van der Waals surface area contributed by atoms with Crippen molar-refractivity contribution in [2.24, 2.45) is 0 Å². The summed E-state index contributed by atoms with van der Waals surface area (Å²) in [7, 11) is 1.60.